The molecule has 0 spiro atoms. The molecule has 2 N–H and O–H groups in total. The van der Waals surface area contributed by atoms with Crippen LogP contribution in [0.5, 0.6) is 0 Å². The van der Waals surface area contributed by atoms with E-state index in [4.69, 9.17) is 42.6 Å². The Hall–Kier alpha value is -3.53. The third kappa shape index (κ3) is 18.7. The lowest BCUT2D eigenvalue weighted by Crippen LogP contribution is -2.61. The number of methoxy groups -OCH3 is 2. The maximum Gasteiger partial charge on any atom is 0.329 e. The number of allylic oxidation sites excluding steroid dienone is 6. The minimum Gasteiger partial charge on any atom is -0.460 e. The van der Waals surface area contributed by atoms with Gasteiger partial charge in [0.2, 0.25) is 5.79 Å². The number of morpholine rings is 1. The summed E-state index contributed by atoms with van der Waals surface area (Å²) in [7, 11) is 3.10. The highest BCUT2D eigenvalue weighted by atomic mass is 16.6. The minimum absolute atomic E-state index is 0.00323. The van der Waals surface area contributed by atoms with E-state index < -0.39 is 77.8 Å². The molecule has 1 saturated carbocycles. The van der Waals surface area contributed by atoms with E-state index in [0.717, 1.165) is 64.1 Å². The molecule has 15 atom stereocenters. The second-order valence-electron chi connectivity index (χ2n) is 23.9. The van der Waals surface area contributed by atoms with Crippen molar-refractivity contribution in [2.24, 2.45) is 35.5 Å². The van der Waals surface area contributed by atoms with Crippen LogP contribution in [0.1, 0.15) is 132 Å². The molecule has 0 aromatic rings. The molecule has 0 aromatic carbocycles. The molecule has 0 aromatic heterocycles. The molecular formula is C62H98N2O16. The number of Topliss-reactive ketones (excluding diaryl/α,β-unsaturated/α-hetero) is 3. The number of cyclic esters (lactones) is 1. The first-order valence-corrected chi connectivity index (χ1v) is 30.0. The van der Waals surface area contributed by atoms with E-state index in [1.54, 1.807) is 34.0 Å². The summed E-state index contributed by atoms with van der Waals surface area (Å²) >= 11 is 0. The monoisotopic (exact) mass is 1130 g/mol. The third-order valence-electron chi connectivity index (χ3n) is 17.6. The summed E-state index contributed by atoms with van der Waals surface area (Å²) in [6.45, 7) is 19.5. The summed E-state index contributed by atoms with van der Waals surface area (Å²) in [6.07, 6.45) is 13.2. The number of aliphatic hydroxyl groups excluding tert-OH is 1. The van der Waals surface area contributed by atoms with Crippen molar-refractivity contribution in [1.29, 1.82) is 0 Å². The van der Waals surface area contributed by atoms with Crippen molar-refractivity contribution in [3.63, 3.8) is 0 Å². The summed E-state index contributed by atoms with van der Waals surface area (Å²) in [6, 6.07) is -1.15. The third-order valence-corrected chi connectivity index (χ3v) is 17.6. The summed E-state index contributed by atoms with van der Waals surface area (Å²) in [5.41, 5.74) is 1.26. The Balaban J connectivity index is 1.24. The number of aliphatic hydroxyl groups is 2. The number of ketones is 3. The average molecular weight is 1130 g/mol. The molecule has 1 aliphatic carbocycles. The van der Waals surface area contributed by atoms with Gasteiger partial charge in [0, 0.05) is 77.6 Å². The highest BCUT2D eigenvalue weighted by Gasteiger charge is 2.53. The molecule has 18 nitrogen and oxygen atoms in total. The van der Waals surface area contributed by atoms with Crippen LogP contribution in [0, 0.1) is 35.5 Å². The van der Waals surface area contributed by atoms with Gasteiger partial charge in [-0.15, -0.1) is 0 Å². The maximum atomic E-state index is 14.7. The van der Waals surface area contributed by atoms with Crippen LogP contribution in [0.25, 0.3) is 0 Å². The van der Waals surface area contributed by atoms with Gasteiger partial charge >= 0.3 is 5.97 Å². The van der Waals surface area contributed by atoms with E-state index in [1.807, 2.05) is 58.1 Å². The Kier molecular flexibility index (Phi) is 26.7. The van der Waals surface area contributed by atoms with E-state index in [-0.39, 0.29) is 80.0 Å². The Labute approximate surface area is 476 Å². The van der Waals surface area contributed by atoms with Gasteiger partial charge in [-0.05, 0) is 113 Å². The van der Waals surface area contributed by atoms with Crippen molar-refractivity contribution in [3.8, 4) is 0 Å². The molecule has 80 heavy (non-hydrogen) atoms. The number of piperidine rings is 1. The van der Waals surface area contributed by atoms with Crippen molar-refractivity contribution >= 4 is 29.2 Å². The van der Waals surface area contributed by atoms with Gasteiger partial charge in [-0.3, -0.25) is 24.1 Å². The Morgan fingerprint density at radius 3 is 2.25 bits per heavy atom. The van der Waals surface area contributed by atoms with Gasteiger partial charge in [-0.1, -0.05) is 71.1 Å². The van der Waals surface area contributed by atoms with Crippen molar-refractivity contribution in [2.75, 3.05) is 86.6 Å². The van der Waals surface area contributed by atoms with Crippen LogP contribution in [0.15, 0.2) is 47.6 Å². The number of carbonyl (C=O) groups is 5. The fraction of sp³-hybridized carbons (Fsp3) is 0.790. The minimum atomic E-state index is -2.47. The van der Waals surface area contributed by atoms with E-state index in [2.05, 4.69) is 4.90 Å². The lowest BCUT2D eigenvalue weighted by molar-refractivity contribution is -0.266. The van der Waals surface area contributed by atoms with Gasteiger partial charge in [-0.25, -0.2) is 4.79 Å². The number of ether oxygens (including phenoxy) is 9. The van der Waals surface area contributed by atoms with Crippen molar-refractivity contribution in [2.45, 2.75) is 193 Å². The zero-order valence-electron chi connectivity index (χ0n) is 49.6. The number of hydrogen-bond acceptors (Lipinski definition) is 17. The molecule has 2 bridgehead atoms. The molecule has 5 heterocycles. The molecule has 18 heteroatoms. The van der Waals surface area contributed by atoms with Crippen LogP contribution in [0.3, 0.4) is 0 Å². The van der Waals surface area contributed by atoms with Gasteiger partial charge in [0.05, 0.1) is 64.1 Å². The second kappa shape index (κ2) is 32.5. The van der Waals surface area contributed by atoms with E-state index >= 15 is 0 Å². The van der Waals surface area contributed by atoms with Crippen molar-refractivity contribution in [3.05, 3.63) is 47.6 Å². The van der Waals surface area contributed by atoms with Gasteiger partial charge in [-0.2, -0.15) is 0 Å². The predicted octanol–water partition coefficient (Wildman–Crippen LogP) is 6.71. The molecule has 1 amide bonds. The molecule has 452 valence electrons. The number of esters is 1. The summed E-state index contributed by atoms with van der Waals surface area (Å²) < 4.78 is 53.8. The van der Waals surface area contributed by atoms with Crippen LogP contribution in [-0.2, 0) is 66.6 Å². The molecule has 5 fully saturated rings. The summed E-state index contributed by atoms with van der Waals surface area (Å²) in [4.78, 5) is 75.8. The fourth-order valence-corrected chi connectivity index (χ4v) is 12.3. The Morgan fingerprint density at radius 2 is 1.54 bits per heavy atom. The van der Waals surface area contributed by atoms with Crippen molar-refractivity contribution < 1.29 is 76.8 Å². The normalized spacial score (nSPS) is 37.6. The zero-order chi connectivity index (χ0) is 57.9. The first kappa shape index (κ1) is 65.6. The molecular weight excluding hydrogens is 1030 g/mol. The predicted molar refractivity (Wildman–Crippen MR) is 300 cm³/mol. The van der Waals surface area contributed by atoms with Crippen LogP contribution >= 0.6 is 0 Å². The number of hydrogen-bond donors (Lipinski definition) is 2. The van der Waals surface area contributed by atoms with E-state index in [0.29, 0.717) is 70.5 Å². The molecule has 0 unspecified atom stereocenters. The Bertz CT molecular complexity index is 2120. The van der Waals surface area contributed by atoms with E-state index in [1.165, 1.54) is 12.0 Å². The molecule has 6 aliphatic rings. The Morgan fingerprint density at radius 1 is 0.787 bits per heavy atom. The van der Waals surface area contributed by atoms with Gasteiger partial charge in [0.25, 0.3) is 11.7 Å². The van der Waals surface area contributed by atoms with Crippen molar-refractivity contribution in [1.82, 2.24) is 9.80 Å². The lowest BCUT2D eigenvalue weighted by atomic mass is 9.78. The first-order chi connectivity index (χ1) is 38.3. The largest absolute Gasteiger partial charge is 0.460 e. The number of fused-ring (bicyclic) bond motifs is 3. The zero-order valence-corrected chi connectivity index (χ0v) is 49.6. The SMILES string of the molecule is CO[C@@H]1C[C@H](C[C@@H](C)[C@@H]2CC(=O)[C@H](C)/C=C(\C)[C@@H](O)[C@@H](OC)C(=O)[C@H](C)C[C@H](C)/C=C/C=C/C=C(\C)[C@@H](OCCOC3COC3)C[C@@H]3CC[C@@H](C)[C@@](O)(O3)C(=O)C(=O)N3CCCC[C@H]3C(=O)O2)CC[C@H]1OCCCN1CCOCC1. The van der Waals surface area contributed by atoms with Gasteiger partial charge < -0.3 is 57.7 Å². The van der Waals surface area contributed by atoms with E-state index in [9.17, 15) is 34.2 Å². The highest BCUT2D eigenvalue weighted by molar-refractivity contribution is 6.39. The number of carbonyl (C=O) groups excluding carboxylic acids is 5. The van der Waals surface area contributed by atoms with Crippen LogP contribution in [0.2, 0.25) is 0 Å². The highest BCUT2D eigenvalue weighted by Crippen LogP contribution is 2.38. The number of amides is 1. The molecule has 0 radical (unpaired) electrons. The van der Waals surface area contributed by atoms with Gasteiger partial charge in [0.15, 0.2) is 5.78 Å². The van der Waals surface area contributed by atoms with Gasteiger partial charge in [0.1, 0.15) is 36.2 Å². The standard InChI is InChI=1S/C62H98N2O16/c1-40-16-11-10-12-17-41(2)53(78-31-30-76-49-38-75-39-49)36-48-21-19-46(7)62(71,80-48)59(68)60(69)64-24-14-13-18-50(64)61(70)79-54(37-51(65)42(3)33-45(6)57(67)58(73-9)56(66)44(5)32-40)43(4)34-47-20-22-52(55(35-47)72-8)77-27-15-23-63-25-28-74-29-26-63/h10-12,16-17,33,40,42-44,46-50,52-55,57-58,67,71H,13-15,18-32,34-39H2,1-9H3/b12-10+,16-11+,41-17+,45-33+/t40-,42-,43-,44-,46-,47+,48+,50+,52-,53+,54+,55-,57-,58+,62-/m1/s1. The maximum absolute atomic E-state index is 14.7. The number of rotatable bonds is 15. The quantitative estimate of drug-likeness (QED) is 0.0754. The molecule has 5 aliphatic heterocycles. The number of nitrogens with zero attached hydrogens (tertiary/aromatic N) is 2. The first-order valence-electron chi connectivity index (χ1n) is 30.0. The molecule has 4 saturated heterocycles. The second-order valence-corrected chi connectivity index (χ2v) is 23.9. The summed E-state index contributed by atoms with van der Waals surface area (Å²) in [5.74, 6) is -7.98. The fourth-order valence-electron chi connectivity index (χ4n) is 12.3. The summed E-state index contributed by atoms with van der Waals surface area (Å²) in [5, 5.41) is 23.9. The average Bonchev–Trinajstić information content (AvgIpc) is 3.43. The smallest absolute Gasteiger partial charge is 0.329 e. The lowest BCUT2D eigenvalue weighted by Gasteiger charge is -2.43. The van der Waals surface area contributed by atoms with Crippen LogP contribution in [-0.4, -0.2) is 197 Å². The van der Waals surface area contributed by atoms with Crippen LogP contribution < -0.4 is 0 Å². The van der Waals surface area contributed by atoms with Crippen LogP contribution in [0.4, 0.5) is 0 Å². The molecule has 6 rings (SSSR count). The topological polar surface area (TPSA) is 215 Å².